The van der Waals surface area contributed by atoms with Crippen molar-refractivity contribution in [3.63, 3.8) is 0 Å². The molecule has 0 bridgehead atoms. The number of aliphatic hydroxyl groups is 1. The van der Waals surface area contributed by atoms with Gasteiger partial charge in [0, 0.05) is 12.1 Å². The number of aliphatic hydroxyl groups excluding tert-OH is 1. The average molecular weight is 333 g/mol. The van der Waals surface area contributed by atoms with E-state index >= 15 is 0 Å². The summed E-state index contributed by atoms with van der Waals surface area (Å²) in [4.78, 5) is 17.2. The third-order valence-electron chi connectivity index (χ3n) is 3.18. The summed E-state index contributed by atoms with van der Waals surface area (Å²) in [6.07, 6.45) is 1.66. The zero-order valence-electron chi connectivity index (χ0n) is 12.5. The molecule has 120 valence electrons. The van der Waals surface area contributed by atoms with Crippen molar-refractivity contribution in [2.24, 2.45) is 0 Å². The summed E-state index contributed by atoms with van der Waals surface area (Å²) in [7, 11) is 0. The molecule has 0 aliphatic heterocycles. The Bertz CT molecular complexity index is 809. The summed E-state index contributed by atoms with van der Waals surface area (Å²) in [6.45, 7) is 2.36. The quantitative estimate of drug-likeness (QED) is 0.668. The molecule has 0 atom stereocenters. The van der Waals surface area contributed by atoms with Gasteiger partial charge in [-0.25, -0.2) is 9.97 Å². The van der Waals surface area contributed by atoms with Crippen molar-refractivity contribution in [1.82, 2.24) is 19.9 Å². The highest BCUT2D eigenvalue weighted by Gasteiger charge is 2.09. The van der Waals surface area contributed by atoms with Crippen molar-refractivity contribution >= 4 is 35.3 Å². The summed E-state index contributed by atoms with van der Waals surface area (Å²) in [5.41, 5.74) is 9.69. The second-order valence-electron chi connectivity index (χ2n) is 4.88. The Labute approximate surface area is 139 Å². The Balaban J connectivity index is 0.00000192. The maximum atomic E-state index is 8.81. The van der Waals surface area contributed by atoms with Crippen LogP contribution in [0.4, 0.5) is 11.8 Å². The molecule has 0 radical (unpaired) electrons. The number of rotatable bonds is 4. The van der Waals surface area contributed by atoms with Crippen LogP contribution in [0, 0.1) is 6.92 Å². The molecule has 3 aromatic rings. The number of hydrogen-bond donors (Lipinski definition) is 3. The molecule has 4 N–H and O–H groups in total. The lowest BCUT2D eigenvalue weighted by Gasteiger charge is -2.07. The number of nitrogens with zero attached hydrogens (tertiary/aromatic N) is 4. The number of fused-ring (bicyclic) bond motifs is 1. The molecule has 8 heteroatoms. The Hall–Kier alpha value is -2.51. The Morgan fingerprint density at radius 3 is 2.57 bits per heavy atom. The van der Waals surface area contributed by atoms with Gasteiger partial charge >= 0.3 is 0 Å². The summed E-state index contributed by atoms with van der Waals surface area (Å²) < 4.78 is 0. The molecule has 0 aliphatic carbocycles. The lowest BCUT2D eigenvalue weighted by molar-refractivity contribution is 0.311. The van der Waals surface area contributed by atoms with Gasteiger partial charge in [-0.15, -0.1) is 12.4 Å². The summed E-state index contributed by atoms with van der Waals surface area (Å²) >= 11 is 0. The highest BCUT2D eigenvalue weighted by molar-refractivity contribution is 5.85. The van der Waals surface area contributed by atoms with Crippen LogP contribution in [-0.4, -0.2) is 38.2 Å². The highest BCUT2D eigenvalue weighted by Crippen LogP contribution is 2.22. The molecule has 0 spiro atoms. The predicted molar refractivity (Wildman–Crippen MR) is 92.5 cm³/mol. The minimum atomic E-state index is -0.0145. The van der Waals surface area contributed by atoms with Crippen molar-refractivity contribution in [2.75, 3.05) is 24.2 Å². The van der Waals surface area contributed by atoms with Crippen LogP contribution in [0.1, 0.15) is 5.56 Å². The van der Waals surface area contributed by atoms with Crippen molar-refractivity contribution in [3.8, 4) is 11.3 Å². The van der Waals surface area contributed by atoms with Crippen LogP contribution in [-0.2, 0) is 0 Å². The molecule has 2 heterocycles. The van der Waals surface area contributed by atoms with Gasteiger partial charge in [0.15, 0.2) is 17.0 Å². The van der Waals surface area contributed by atoms with E-state index in [1.54, 1.807) is 6.20 Å². The molecule has 3 rings (SSSR count). The van der Waals surface area contributed by atoms with Gasteiger partial charge in [0.1, 0.15) is 0 Å². The smallest absolute Gasteiger partial charge is 0.226 e. The zero-order valence-corrected chi connectivity index (χ0v) is 13.3. The van der Waals surface area contributed by atoms with Gasteiger partial charge in [0.25, 0.3) is 0 Å². The van der Waals surface area contributed by atoms with Crippen molar-refractivity contribution < 1.29 is 5.11 Å². The fourth-order valence-electron chi connectivity index (χ4n) is 2.04. The monoisotopic (exact) mass is 332 g/mol. The number of nitrogens with two attached hydrogens (primary N) is 1. The summed E-state index contributed by atoms with van der Waals surface area (Å²) in [5.74, 6) is 0.586. The fourth-order valence-corrected chi connectivity index (χ4v) is 2.04. The first kappa shape index (κ1) is 16.9. The van der Waals surface area contributed by atoms with Crippen LogP contribution in [0.25, 0.3) is 22.4 Å². The Morgan fingerprint density at radius 2 is 1.87 bits per heavy atom. The number of aryl methyl sites for hydroxylation is 1. The van der Waals surface area contributed by atoms with E-state index in [0.717, 1.165) is 11.3 Å². The van der Waals surface area contributed by atoms with Gasteiger partial charge in [-0.2, -0.15) is 9.97 Å². The molecule has 7 nitrogen and oxygen atoms in total. The van der Waals surface area contributed by atoms with E-state index in [0.29, 0.717) is 23.7 Å². The van der Waals surface area contributed by atoms with Gasteiger partial charge in [-0.3, -0.25) is 0 Å². The minimum absolute atomic E-state index is 0. The second-order valence-corrected chi connectivity index (χ2v) is 4.88. The number of hydrogen-bond acceptors (Lipinski definition) is 7. The number of anilines is 2. The fraction of sp³-hybridized carbons (Fsp3) is 0.200. The first-order valence-electron chi connectivity index (χ1n) is 6.89. The highest BCUT2D eigenvalue weighted by atomic mass is 35.5. The van der Waals surface area contributed by atoms with Gasteiger partial charge in [0.2, 0.25) is 5.95 Å². The van der Waals surface area contributed by atoms with E-state index in [4.69, 9.17) is 10.8 Å². The van der Waals surface area contributed by atoms with Crippen molar-refractivity contribution in [1.29, 1.82) is 0 Å². The van der Waals surface area contributed by atoms with Gasteiger partial charge in [-0.1, -0.05) is 29.8 Å². The molecule has 23 heavy (non-hydrogen) atoms. The van der Waals surface area contributed by atoms with Crippen LogP contribution in [0.3, 0.4) is 0 Å². The van der Waals surface area contributed by atoms with Gasteiger partial charge < -0.3 is 16.2 Å². The first-order chi connectivity index (χ1) is 10.7. The number of benzene rings is 1. The van der Waals surface area contributed by atoms with E-state index in [9.17, 15) is 0 Å². The van der Waals surface area contributed by atoms with Crippen molar-refractivity contribution in [3.05, 3.63) is 36.0 Å². The third-order valence-corrected chi connectivity index (χ3v) is 3.18. The molecule has 0 saturated heterocycles. The molecule has 0 unspecified atom stereocenters. The average Bonchev–Trinajstić information content (AvgIpc) is 2.53. The van der Waals surface area contributed by atoms with Gasteiger partial charge in [-0.05, 0) is 6.92 Å². The van der Waals surface area contributed by atoms with E-state index in [1.807, 2.05) is 31.2 Å². The summed E-state index contributed by atoms with van der Waals surface area (Å²) in [6, 6.07) is 8.00. The molecule has 2 aromatic heterocycles. The number of aromatic nitrogens is 4. The molecule has 0 saturated carbocycles. The number of nitrogens with one attached hydrogen (secondary N) is 1. The summed E-state index contributed by atoms with van der Waals surface area (Å²) in [5, 5.41) is 11.7. The van der Waals surface area contributed by atoms with Crippen LogP contribution >= 0.6 is 12.4 Å². The van der Waals surface area contributed by atoms with Crippen LogP contribution in [0.5, 0.6) is 0 Å². The number of halogens is 1. The van der Waals surface area contributed by atoms with E-state index in [-0.39, 0.29) is 24.8 Å². The molecular weight excluding hydrogens is 316 g/mol. The number of nitrogen functional groups attached to an aromatic ring is 1. The topological polar surface area (TPSA) is 110 Å². The Morgan fingerprint density at radius 1 is 1.13 bits per heavy atom. The molecule has 1 aromatic carbocycles. The lowest BCUT2D eigenvalue weighted by atomic mass is 10.1. The molecular formula is C15H17ClN6O. The van der Waals surface area contributed by atoms with Crippen LogP contribution in [0.15, 0.2) is 30.5 Å². The minimum Gasteiger partial charge on any atom is -0.395 e. The van der Waals surface area contributed by atoms with Crippen LogP contribution in [0.2, 0.25) is 0 Å². The maximum absolute atomic E-state index is 8.81. The van der Waals surface area contributed by atoms with E-state index in [2.05, 4.69) is 25.3 Å². The van der Waals surface area contributed by atoms with E-state index in [1.165, 1.54) is 5.56 Å². The van der Waals surface area contributed by atoms with E-state index < -0.39 is 0 Å². The van der Waals surface area contributed by atoms with Gasteiger partial charge in [0.05, 0.1) is 18.5 Å². The predicted octanol–water partition coefficient (Wildman–Crippen LogP) is 1.80. The largest absolute Gasteiger partial charge is 0.395 e. The maximum Gasteiger partial charge on any atom is 0.226 e. The zero-order chi connectivity index (χ0) is 15.5. The van der Waals surface area contributed by atoms with Crippen molar-refractivity contribution in [2.45, 2.75) is 6.92 Å². The molecule has 0 fully saturated rings. The lowest BCUT2D eigenvalue weighted by Crippen LogP contribution is -2.10. The SMILES string of the molecule is Cc1ccc(-c2cnc3nc(NCCO)nc(N)c3n2)cc1.Cl. The van der Waals surface area contributed by atoms with Crippen LogP contribution < -0.4 is 11.1 Å². The third kappa shape index (κ3) is 3.64. The first-order valence-corrected chi connectivity index (χ1v) is 6.89. The normalized spacial score (nSPS) is 10.3. The second kappa shape index (κ2) is 7.17. The Kier molecular flexibility index (Phi) is 5.25. The molecule has 0 aliphatic rings. The molecule has 0 amide bonds. The standard InChI is InChI=1S/C15H16N6O.ClH/c1-9-2-4-10(5-3-9)11-8-18-14-12(19-11)13(16)20-15(21-14)17-6-7-22;/h2-5,8,22H,6-7H2,1H3,(H3,16,17,18,20,21);1H.